The Labute approximate surface area is 137 Å². The zero-order chi connectivity index (χ0) is 17.0. The SMILES string of the molecule is CC(C)(C)OC(=O)c1ccccc1C1CCN(C(=O)CO)CC1. The van der Waals surface area contributed by atoms with Crippen LogP contribution in [0.25, 0.3) is 0 Å². The van der Waals surface area contributed by atoms with Crippen molar-refractivity contribution in [2.24, 2.45) is 0 Å². The van der Waals surface area contributed by atoms with Crippen LogP contribution in [0.2, 0.25) is 0 Å². The minimum absolute atomic E-state index is 0.224. The molecule has 1 saturated heterocycles. The topological polar surface area (TPSA) is 66.8 Å². The minimum Gasteiger partial charge on any atom is -0.456 e. The number of esters is 1. The molecule has 2 rings (SSSR count). The van der Waals surface area contributed by atoms with E-state index in [1.165, 1.54) is 0 Å². The highest BCUT2D eigenvalue weighted by molar-refractivity contribution is 5.91. The van der Waals surface area contributed by atoms with Gasteiger partial charge in [-0.15, -0.1) is 0 Å². The molecular formula is C18H25NO4. The van der Waals surface area contributed by atoms with E-state index < -0.39 is 12.2 Å². The van der Waals surface area contributed by atoms with Gasteiger partial charge in [0.2, 0.25) is 5.91 Å². The summed E-state index contributed by atoms with van der Waals surface area (Å²) in [5.74, 6) is -0.313. The molecule has 0 unspecified atom stereocenters. The summed E-state index contributed by atoms with van der Waals surface area (Å²) >= 11 is 0. The first kappa shape index (κ1) is 17.5. The third kappa shape index (κ3) is 4.55. The second kappa shape index (κ2) is 7.13. The molecule has 0 aromatic heterocycles. The van der Waals surface area contributed by atoms with Gasteiger partial charge in [-0.3, -0.25) is 4.79 Å². The first-order chi connectivity index (χ1) is 10.8. The predicted molar refractivity (Wildman–Crippen MR) is 87.3 cm³/mol. The quantitative estimate of drug-likeness (QED) is 0.869. The van der Waals surface area contributed by atoms with Crippen LogP contribution >= 0.6 is 0 Å². The molecular weight excluding hydrogens is 294 g/mol. The highest BCUT2D eigenvalue weighted by Crippen LogP contribution is 2.31. The molecule has 1 aromatic rings. The van der Waals surface area contributed by atoms with E-state index in [1.54, 1.807) is 11.0 Å². The Kier molecular flexibility index (Phi) is 5.42. The van der Waals surface area contributed by atoms with Gasteiger partial charge in [-0.25, -0.2) is 4.79 Å². The van der Waals surface area contributed by atoms with E-state index in [9.17, 15) is 9.59 Å². The predicted octanol–water partition coefficient (Wildman–Crippen LogP) is 2.34. The van der Waals surface area contributed by atoms with Crippen molar-refractivity contribution in [3.8, 4) is 0 Å². The van der Waals surface area contributed by atoms with Crippen LogP contribution in [0.15, 0.2) is 24.3 Å². The Hall–Kier alpha value is -1.88. The van der Waals surface area contributed by atoms with Crippen LogP contribution < -0.4 is 0 Å². The summed E-state index contributed by atoms with van der Waals surface area (Å²) in [7, 11) is 0. The van der Waals surface area contributed by atoms with Crippen LogP contribution in [0.3, 0.4) is 0 Å². The first-order valence-corrected chi connectivity index (χ1v) is 8.02. The number of piperidine rings is 1. The van der Waals surface area contributed by atoms with Gasteiger partial charge in [0.15, 0.2) is 0 Å². The lowest BCUT2D eigenvalue weighted by atomic mass is 9.86. The van der Waals surface area contributed by atoms with Crippen molar-refractivity contribution >= 4 is 11.9 Å². The molecule has 1 aliphatic rings. The zero-order valence-electron chi connectivity index (χ0n) is 14.0. The van der Waals surface area contributed by atoms with E-state index in [1.807, 2.05) is 39.0 Å². The van der Waals surface area contributed by atoms with Crippen molar-refractivity contribution in [3.05, 3.63) is 35.4 Å². The maximum atomic E-state index is 12.4. The van der Waals surface area contributed by atoms with Crippen LogP contribution in [0, 0.1) is 0 Å². The molecule has 5 nitrogen and oxygen atoms in total. The van der Waals surface area contributed by atoms with Crippen molar-refractivity contribution in [2.75, 3.05) is 19.7 Å². The van der Waals surface area contributed by atoms with Gasteiger partial charge < -0.3 is 14.7 Å². The summed E-state index contributed by atoms with van der Waals surface area (Å²) in [6, 6.07) is 7.53. The van der Waals surface area contributed by atoms with Crippen molar-refractivity contribution in [1.29, 1.82) is 0 Å². The number of amides is 1. The number of likely N-dealkylation sites (tertiary alicyclic amines) is 1. The lowest BCUT2D eigenvalue weighted by molar-refractivity contribution is -0.135. The summed E-state index contributed by atoms with van der Waals surface area (Å²) in [6.45, 7) is 6.32. The smallest absolute Gasteiger partial charge is 0.338 e. The molecule has 0 atom stereocenters. The Balaban J connectivity index is 2.12. The van der Waals surface area contributed by atoms with Gasteiger partial charge in [0.05, 0.1) is 5.56 Å². The fourth-order valence-electron chi connectivity index (χ4n) is 2.91. The van der Waals surface area contributed by atoms with Crippen LogP contribution in [0.4, 0.5) is 0 Å². The number of benzene rings is 1. The van der Waals surface area contributed by atoms with Gasteiger partial charge in [0, 0.05) is 13.1 Å². The number of rotatable bonds is 3. The third-order valence-corrected chi connectivity index (χ3v) is 4.00. The number of nitrogens with zero attached hydrogens (tertiary/aromatic N) is 1. The van der Waals surface area contributed by atoms with Crippen molar-refractivity contribution < 1.29 is 19.4 Å². The Morgan fingerprint density at radius 3 is 2.39 bits per heavy atom. The fourth-order valence-corrected chi connectivity index (χ4v) is 2.91. The summed E-state index contributed by atoms with van der Waals surface area (Å²) in [5.41, 5.74) is 1.06. The molecule has 1 aliphatic heterocycles. The maximum Gasteiger partial charge on any atom is 0.338 e. The van der Waals surface area contributed by atoms with Gasteiger partial charge in [-0.1, -0.05) is 18.2 Å². The van der Waals surface area contributed by atoms with E-state index in [0.29, 0.717) is 18.7 Å². The van der Waals surface area contributed by atoms with E-state index in [-0.39, 0.29) is 17.8 Å². The average Bonchev–Trinajstić information content (AvgIpc) is 2.52. The van der Waals surface area contributed by atoms with Crippen LogP contribution in [0.5, 0.6) is 0 Å². The lowest BCUT2D eigenvalue weighted by Gasteiger charge is -2.32. The largest absolute Gasteiger partial charge is 0.456 e. The van der Waals surface area contributed by atoms with Gasteiger partial charge in [-0.05, 0) is 51.2 Å². The zero-order valence-corrected chi connectivity index (χ0v) is 14.0. The Morgan fingerprint density at radius 1 is 1.22 bits per heavy atom. The highest BCUT2D eigenvalue weighted by atomic mass is 16.6. The molecule has 5 heteroatoms. The van der Waals surface area contributed by atoms with Gasteiger partial charge in [0.25, 0.3) is 0 Å². The van der Waals surface area contributed by atoms with E-state index in [4.69, 9.17) is 9.84 Å². The lowest BCUT2D eigenvalue weighted by Crippen LogP contribution is -2.39. The van der Waals surface area contributed by atoms with E-state index in [0.717, 1.165) is 18.4 Å². The number of carbonyl (C=O) groups is 2. The number of carbonyl (C=O) groups excluding carboxylic acids is 2. The number of hydrogen-bond donors (Lipinski definition) is 1. The molecule has 0 radical (unpaired) electrons. The Morgan fingerprint density at radius 2 is 1.83 bits per heavy atom. The molecule has 1 N–H and O–H groups in total. The van der Waals surface area contributed by atoms with Crippen LogP contribution in [-0.4, -0.2) is 47.2 Å². The van der Waals surface area contributed by atoms with E-state index >= 15 is 0 Å². The second-order valence-electron chi connectivity index (χ2n) is 6.90. The summed E-state index contributed by atoms with van der Waals surface area (Å²) in [6.07, 6.45) is 1.57. The van der Waals surface area contributed by atoms with E-state index in [2.05, 4.69) is 0 Å². The van der Waals surface area contributed by atoms with Crippen molar-refractivity contribution in [3.63, 3.8) is 0 Å². The van der Waals surface area contributed by atoms with Crippen LogP contribution in [0.1, 0.15) is 55.5 Å². The maximum absolute atomic E-state index is 12.4. The summed E-state index contributed by atoms with van der Waals surface area (Å²) in [4.78, 5) is 25.6. The van der Waals surface area contributed by atoms with Crippen molar-refractivity contribution in [2.45, 2.75) is 45.1 Å². The normalized spacial score (nSPS) is 16.3. The standard InChI is InChI=1S/C18H25NO4/c1-18(2,3)23-17(22)15-7-5-4-6-14(15)13-8-10-19(11-9-13)16(21)12-20/h4-7,13,20H,8-12H2,1-3H3. The molecule has 0 saturated carbocycles. The summed E-state index contributed by atoms with van der Waals surface area (Å²) in [5, 5.41) is 8.94. The molecule has 1 aromatic carbocycles. The number of aliphatic hydroxyl groups is 1. The van der Waals surface area contributed by atoms with Gasteiger partial charge in [0.1, 0.15) is 12.2 Å². The molecule has 0 spiro atoms. The monoisotopic (exact) mass is 319 g/mol. The minimum atomic E-state index is -0.527. The molecule has 0 aliphatic carbocycles. The van der Waals surface area contributed by atoms with Gasteiger partial charge in [-0.2, -0.15) is 0 Å². The highest BCUT2D eigenvalue weighted by Gasteiger charge is 2.27. The number of ether oxygens (including phenoxy) is 1. The number of hydrogen-bond acceptors (Lipinski definition) is 4. The fraction of sp³-hybridized carbons (Fsp3) is 0.556. The first-order valence-electron chi connectivity index (χ1n) is 8.02. The molecule has 23 heavy (non-hydrogen) atoms. The number of aliphatic hydroxyl groups excluding tert-OH is 1. The van der Waals surface area contributed by atoms with Gasteiger partial charge >= 0.3 is 5.97 Å². The summed E-state index contributed by atoms with van der Waals surface area (Å²) < 4.78 is 5.50. The van der Waals surface area contributed by atoms with Crippen LogP contribution in [-0.2, 0) is 9.53 Å². The second-order valence-corrected chi connectivity index (χ2v) is 6.90. The molecule has 126 valence electrons. The Bertz CT molecular complexity index is 569. The third-order valence-electron chi connectivity index (χ3n) is 4.00. The molecule has 1 fully saturated rings. The van der Waals surface area contributed by atoms with Crippen molar-refractivity contribution in [1.82, 2.24) is 4.90 Å². The molecule has 0 bridgehead atoms. The average molecular weight is 319 g/mol. The molecule has 1 heterocycles. The molecule has 1 amide bonds.